The van der Waals surface area contributed by atoms with Crippen LogP contribution >= 0.6 is 0 Å². The summed E-state index contributed by atoms with van der Waals surface area (Å²) in [6.07, 6.45) is 1.10. The number of hydrogen-bond acceptors (Lipinski definition) is 5. The van der Waals surface area contributed by atoms with Gasteiger partial charge in [0.1, 0.15) is 5.82 Å². The highest BCUT2D eigenvalue weighted by Crippen LogP contribution is 2.25. The summed E-state index contributed by atoms with van der Waals surface area (Å²) in [5, 5.41) is 7.71. The van der Waals surface area contributed by atoms with Crippen molar-refractivity contribution >= 4 is 0 Å². The zero-order chi connectivity index (χ0) is 13.7. The minimum Gasteiger partial charge on any atom is -0.394 e. The second kappa shape index (κ2) is 6.54. The Kier molecular flexibility index (Phi) is 5.34. The van der Waals surface area contributed by atoms with E-state index in [2.05, 4.69) is 54.8 Å². The van der Waals surface area contributed by atoms with Crippen LogP contribution < -0.4 is 11.1 Å². The summed E-state index contributed by atoms with van der Waals surface area (Å²) >= 11 is 0. The lowest BCUT2D eigenvalue weighted by molar-refractivity contribution is 0.0710. The summed E-state index contributed by atoms with van der Waals surface area (Å²) in [4.78, 5) is 2.18. The van der Waals surface area contributed by atoms with E-state index in [-0.39, 0.29) is 0 Å². The summed E-state index contributed by atoms with van der Waals surface area (Å²) in [6.45, 7) is 12.1. The van der Waals surface area contributed by atoms with Crippen molar-refractivity contribution in [1.29, 1.82) is 0 Å². The zero-order valence-corrected chi connectivity index (χ0v) is 12.2. The molecule has 0 amide bonds. The van der Waals surface area contributed by atoms with Crippen LogP contribution in [0.3, 0.4) is 0 Å². The fourth-order valence-electron chi connectivity index (χ4n) is 2.16. The van der Waals surface area contributed by atoms with E-state index in [0.717, 1.165) is 49.8 Å². The fourth-order valence-corrected chi connectivity index (χ4v) is 2.16. The van der Waals surface area contributed by atoms with Crippen LogP contribution in [0.2, 0.25) is 0 Å². The van der Waals surface area contributed by atoms with Crippen LogP contribution in [0.1, 0.15) is 20.3 Å². The number of nitrogens with two attached hydrogens (primary N) is 1. The Morgan fingerprint density at radius 2 is 1.83 bits per heavy atom. The Bertz CT molecular complexity index is 321. The lowest BCUT2D eigenvalue weighted by Crippen LogP contribution is -2.40. The summed E-state index contributed by atoms with van der Waals surface area (Å²) in [7, 11) is 4.17. The number of nitrogens with zero attached hydrogens (tertiary/aromatic N) is 3. The molecule has 0 spiro atoms. The molecule has 0 saturated carbocycles. The van der Waals surface area contributed by atoms with Crippen molar-refractivity contribution in [2.24, 2.45) is 5.73 Å². The first-order valence-corrected chi connectivity index (χ1v) is 6.65. The van der Waals surface area contributed by atoms with Gasteiger partial charge in [0.15, 0.2) is 0 Å². The Balaban J connectivity index is 2.59. The summed E-state index contributed by atoms with van der Waals surface area (Å²) in [5.41, 5.74) is 7.79. The van der Waals surface area contributed by atoms with Crippen molar-refractivity contribution in [3.8, 4) is 0 Å². The van der Waals surface area contributed by atoms with E-state index in [1.807, 2.05) is 0 Å². The maximum atomic E-state index is 6.12. The van der Waals surface area contributed by atoms with Crippen molar-refractivity contribution < 1.29 is 0 Å². The second-order valence-electron chi connectivity index (χ2n) is 4.72. The molecule has 0 radical (unpaired) electrons. The molecule has 0 aromatic carbocycles. The number of hydrazine groups is 1. The minimum absolute atomic E-state index is 0.767. The molecule has 0 aromatic heterocycles. The van der Waals surface area contributed by atoms with Crippen LogP contribution in [0.4, 0.5) is 0 Å². The third kappa shape index (κ3) is 3.10. The summed E-state index contributed by atoms with van der Waals surface area (Å²) < 4.78 is 0. The maximum absolute atomic E-state index is 6.12. The molecule has 0 bridgehead atoms. The summed E-state index contributed by atoms with van der Waals surface area (Å²) in [6, 6.07) is 0. The van der Waals surface area contributed by atoms with Crippen molar-refractivity contribution in [2.45, 2.75) is 20.3 Å². The van der Waals surface area contributed by atoms with Gasteiger partial charge in [-0.15, -0.1) is 0 Å². The number of hydrogen-bond donors (Lipinski definition) is 2. The molecule has 1 heterocycles. The van der Waals surface area contributed by atoms with Crippen molar-refractivity contribution in [3.05, 3.63) is 23.8 Å². The van der Waals surface area contributed by atoms with Crippen LogP contribution in [0, 0.1) is 0 Å². The minimum atomic E-state index is 0.767. The lowest BCUT2D eigenvalue weighted by Gasteiger charge is -2.32. The molecule has 104 valence electrons. The third-order valence-corrected chi connectivity index (χ3v) is 3.10. The Labute approximate surface area is 111 Å². The van der Waals surface area contributed by atoms with Gasteiger partial charge in [-0.2, -0.15) is 0 Å². The van der Waals surface area contributed by atoms with E-state index < -0.39 is 0 Å². The Hall–Kier alpha value is -1.36. The maximum Gasteiger partial charge on any atom is 0.146 e. The van der Waals surface area contributed by atoms with Gasteiger partial charge in [-0.1, -0.05) is 6.58 Å². The van der Waals surface area contributed by atoms with E-state index in [4.69, 9.17) is 5.73 Å². The van der Waals surface area contributed by atoms with Gasteiger partial charge >= 0.3 is 0 Å². The first kappa shape index (κ1) is 14.7. The monoisotopic (exact) mass is 253 g/mol. The van der Waals surface area contributed by atoms with Gasteiger partial charge in [-0.3, -0.25) is 10.0 Å². The van der Waals surface area contributed by atoms with E-state index >= 15 is 0 Å². The second-order valence-corrected chi connectivity index (χ2v) is 4.72. The van der Waals surface area contributed by atoms with Gasteiger partial charge in [-0.05, 0) is 40.9 Å². The highest BCUT2D eigenvalue weighted by Gasteiger charge is 2.28. The quantitative estimate of drug-likeness (QED) is 0.656. The van der Waals surface area contributed by atoms with Crippen molar-refractivity contribution in [1.82, 2.24) is 20.2 Å². The Morgan fingerprint density at radius 1 is 1.22 bits per heavy atom. The molecule has 0 unspecified atom stereocenters. The number of rotatable bonds is 7. The average molecular weight is 253 g/mol. The lowest BCUT2D eigenvalue weighted by atomic mass is 10.3. The van der Waals surface area contributed by atoms with Crippen LogP contribution in [-0.2, 0) is 0 Å². The molecule has 18 heavy (non-hydrogen) atoms. The zero-order valence-electron chi connectivity index (χ0n) is 12.2. The van der Waals surface area contributed by atoms with Gasteiger partial charge < -0.3 is 16.0 Å². The largest absolute Gasteiger partial charge is 0.394 e. The SMILES string of the molecule is C=C1C(N)=C(NCCCN(C)C)N(CC)N1CC. The molecule has 0 atom stereocenters. The first-order chi connectivity index (χ1) is 8.52. The van der Waals surface area contributed by atoms with Gasteiger partial charge in [0.05, 0.1) is 11.4 Å². The number of likely N-dealkylation sites (N-methyl/N-ethyl adjacent to an activating group) is 1. The number of nitrogens with one attached hydrogen (secondary N) is 1. The smallest absolute Gasteiger partial charge is 0.146 e. The first-order valence-electron chi connectivity index (χ1n) is 6.65. The van der Waals surface area contributed by atoms with E-state index in [9.17, 15) is 0 Å². The van der Waals surface area contributed by atoms with E-state index in [1.165, 1.54) is 0 Å². The molecular formula is C13H27N5. The summed E-state index contributed by atoms with van der Waals surface area (Å²) in [5.74, 6) is 1.00. The molecule has 1 rings (SSSR count). The van der Waals surface area contributed by atoms with E-state index in [0.29, 0.717) is 0 Å². The third-order valence-electron chi connectivity index (χ3n) is 3.10. The normalized spacial score (nSPS) is 16.2. The van der Waals surface area contributed by atoms with Crippen LogP contribution in [-0.4, -0.2) is 55.2 Å². The van der Waals surface area contributed by atoms with E-state index in [1.54, 1.807) is 0 Å². The molecule has 0 aliphatic carbocycles. The molecule has 0 fully saturated rings. The molecule has 5 heteroatoms. The predicted octanol–water partition coefficient (Wildman–Crippen LogP) is 0.742. The van der Waals surface area contributed by atoms with Crippen LogP contribution in [0.15, 0.2) is 23.8 Å². The van der Waals surface area contributed by atoms with Crippen molar-refractivity contribution in [3.63, 3.8) is 0 Å². The van der Waals surface area contributed by atoms with Crippen molar-refractivity contribution in [2.75, 3.05) is 40.3 Å². The Morgan fingerprint density at radius 3 is 2.33 bits per heavy atom. The molecule has 1 aliphatic rings. The standard InChI is InChI=1S/C13H27N5/c1-6-17-11(3)12(14)13(18(17)7-2)15-9-8-10-16(4)5/h15H,3,6-10,14H2,1-2,4-5H3. The van der Waals surface area contributed by atoms with Crippen LogP contribution in [0.25, 0.3) is 0 Å². The van der Waals surface area contributed by atoms with Gasteiger partial charge in [0.2, 0.25) is 0 Å². The average Bonchev–Trinajstić information content (AvgIpc) is 2.57. The molecule has 1 aliphatic heterocycles. The molecule has 0 aromatic rings. The van der Waals surface area contributed by atoms with Gasteiger partial charge in [0.25, 0.3) is 0 Å². The highest BCUT2D eigenvalue weighted by atomic mass is 15.7. The predicted molar refractivity (Wildman–Crippen MR) is 76.3 cm³/mol. The topological polar surface area (TPSA) is 47.8 Å². The molecule has 3 N–H and O–H groups in total. The molecular weight excluding hydrogens is 226 g/mol. The fraction of sp³-hybridized carbons (Fsp3) is 0.692. The van der Waals surface area contributed by atoms with Gasteiger partial charge in [-0.25, -0.2) is 0 Å². The van der Waals surface area contributed by atoms with Gasteiger partial charge in [0, 0.05) is 19.6 Å². The molecule has 0 saturated heterocycles. The molecule has 5 nitrogen and oxygen atoms in total. The van der Waals surface area contributed by atoms with Crippen LogP contribution in [0.5, 0.6) is 0 Å². The highest BCUT2D eigenvalue weighted by molar-refractivity contribution is 5.33.